The number of fused-ring (bicyclic) bond motifs is 1. The van der Waals surface area contributed by atoms with Gasteiger partial charge in [-0.15, -0.1) is 0 Å². The first-order valence-electron chi connectivity index (χ1n) is 6.47. The number of carboxylic acid groups (broad SMARTS) is 1. The van der Waals surface area contributed by atoms with E-state index >= 15 is 0 Å². The molecular weight excluding hydrogens is 320 g/mol. The Balaban J connectivity index is 0.000000647. The molecule has 3 aromatic rings. The van der Waals surface area contributed by atoms with Crippen LogP contribution in [0.1, 0.15) is 0 Å². The summed E-state index contributed by atoms with van der Waals surface area (Å²) in [6.45, 7) is -0.250. The molecule has 0 atom stereocenters. The molecule has 0 amide bonds. The average molecular weight is 332 g/mol. The van der Waals surface area contributed by atoms with Crippen molar-refractivity contribution in [3.63, 3.8) is 0 Å². The van der Waals surface area contributed by atoms with Gasteiger partial charge in [-0.1, -0.05) is 0 Å². The molecule has 8 heteroatoms. The van der Waals surface area contributed by atoms with E-state index in [0.29, 0.717) is 5.56 Å². The third kappa shape index (κ3) is 3.22. The molecule has 2 aromatic carbocycles. The Labute approximate surface area is 134 Å². The maximum absolute atomic E-state index is 12.0. The van der Waals surface area contributed by atoms with E-state index in [1.54, 1.807) is 0 Å². The van der Waals surface area contributed by atoms with Crippen molar-refractivity contribution in [2.45, 2.75) is 0 Å². The Kier molecular flexibility index (Phi) is 4.60. The molecule has 8 nitrogen and oxygen atoms in total. The topological polar surface area (TPSA) is 148 Å². The molecule has 0 radical (unpaired) electrons. The Bertz CT molecular complexity index is 958. The fraction of sp³-hybridized carbons (Fsp3) is 0. The predicted molar refractivity (Wildman–Crippen MR) is 83.3 cm³/mol. The van der Waals surface area contributed by atoms with Crippen LogP contribution in [0.25, 0.3) is 22.3 Å². The minimum atomic E-state index is -0.490. The molecule has 1 heterocycles. The Hall–Kier alpha value is -3.68. The molecule has 124 valence electrons. The van der Waals surface area contributed by atoms with Gasteiger partial charge in [0.1, 0.15) is 28.2 Å². The first-order chi connectivity index (χ1) is 11.4. The van der Waals surface area contributed by atoms with E-state index in [-0.39, 0.29) is 46.2 Å². The normalized spacial score (nSPS) is 10.0. The lowest BCUT2D eigenvalue weighted by Crippen LogP contribution is -2.00. The molecule has 0 bridgehead atoms. The molecule has 24 heavy (non-hydrogen) atoms. The molecule has 0 saturated heterocycles. The quantitative estimate of drug-likeness (QED) is 0.335. The van der Waals surface area contributed by atoms with Gasteiger partial charge in [0, 0.05) is 23.8 Å². The summed E-state index contributed by atoms with van der Waals surface area (Å²) in [5, 5.41) is 44.7. The molecule has 0 spiro atoms. The molecule has 0 unspecified atom stereocenters. The smallest absolute Gasteiger partial charge is 0.290 e. The highest BCUT2D eigenvalue weighted by Crippen LogP contribution is 2.33. The van der Waals surface area contributed by atoms with Crippen LogP contribution in [-0.2, 0) is 4.79 Å². The lowest BCUT2D eigenvalue weighted by Gasteiger charge is -2.06. The van der Waals surface area contributed by atoms with Crippen molar-refractivity contribution in [2.75, 3.05) is 0 Å². The second kappa shape index (κ2) is 6.61. The van der Waals surface area contributed by atoms with Crippen LogP contribution in [0.5, 0.6) is 23.0 Å². The van der Waals surface area contributed by atoms with Gasteiger partial charge in [-0.25, -0.2) is 0 Å². The van der Waals surface area contributed by atoms with E-state index in [1.165, 1.54) is 24.3 Å². The minimum Gasteiger partial charge on any atom is -0.508 e. The van der Waals surface area contributed by atoms with Crippen LogP contribution in [0.15, 0.2) is 45.6 Å². The number of carbonyl (C=O) groups is 1. The van der Waals surface area contributed by atoms with Gasteiger partial charge in [0.05, 0.1) is 0 Å². The van der Waals surface area contributed by atoms with Gasteiger partial charge in [-0.3, -0.25) is 9.59 Å². The van der Waals surface area contributed by atoms with Gasteiger partial charge >= 0.3 is 0 Å². The predicted octanol–water partition coefficient (Wildman–Crippen LogP) is 1.98. The van der Waals surface area contributed by atoms with Crippen LogP contribution in [0.3, 0.4) is 0 Å². The molecule has 0 aliphatic carbocycles. The fourth-order valence-corrected chi connectivity index (χ4v) is 2.07. The van der Waals surface area contributed by atoms with Crippen LogP contribution in [0.2, 0.25) is 0 Å². The van der Waals surface area contributed by atoms with E-state index in [2.05, 4.69) is 0 Å². The fourth-order valence-electron chi connectivity index (χ4n) is 2.07. The van der Waals surface area contributed by atoms with E-state index in [0.717, 1.165) is 12.1 Å². The van der Waals surface area contributed by atoms with E-state index in [4.69, 9.17) is 14.3 Å². The Morgan fingerprint density at radius 3 is 2.17 bits per heavy atom. The highest BCUT2D eigenvalue weighted by molar-refractivity contribution is 5.86. The summed E-state index contributed by atoms with van der Waals surface area (Å²) in [7, 11) is 0. The zero-order chi connectivity index (χ0) is 17.9. The number of phenols is 4. The number of phenolic OH excluding ortho intramolecular Hbond substituents is 4. The number of hydrogen-bond acceptors (Lipinski definition) is 7. The highest BCUT2D eigenvalue weighted by Gasteiger charge is 2.13. The number of hydrogen-bond donors (Lipinski definition) is 5. The Morgan fingerprint density at radius 1 is 0.875 bits per heavy atom. The van der Waals surface area contributed by atoms with E-state index < -0.39 is 5.43 Å². The van der Waals surface area contributed by atoms with Gasteiger partial charge in [-0.2, -0.15) is 0 Å². The number of benzene rings is 2. The van der Waals surface area contributed by atoms with E-state index in [1.807, 2.05) is 0 Å². The summed E-state index contributed by atoms with van der Waals surface area (Å²) in [6.07, 6.45) is 0. The first-order valence-corrected chi connectivity index (χ1v) is 6.47. The average Bonchev–Trinajstić information content (AvgIpc) is 2.49. The molecule has 1 aromatic heterocycles. The summed E-state index contributed by atoms with van der Waals surface area (Å²) in [5.41, 5.74) is -0.106. The van der Waals surface area contributed by atoms with Crippen LogP contribution in [-0.4, -0.2) is 32.0 Å². The van der Waals surface area contributed by atoms with Gasteiger partial charge in [0.2, 0.25) is 0 Å². The van der Waals surface area contributed by atoms with Crippen LogP contribution >= 0.6 is 0 Å². The Morgan fingerprint density at radius 2 is 1.54 bits per heavy atom. The molecule has 3 rings (SSSR count). The van der Waals surface area contributed by atoms with Crippen LogP contribution in [0.4, 0.5) is 0 Å². The van der Waals surface area contributed by atoms with Crippen LogP contribution in [0, 0.1) is 0 Å². The van der Waals surface area contributed by atoms with Gasteiger partial charge in [0.15, 0.2) is 16.9 Å². The minimum absolute atomic E-state index is 0.0163. The first kappa shape index (κ1) is 16.7. The molecule has 0 saturated carbocycles. The zero-order valence-electron chi connectivity index (χ0n) is 12.0. The number of aromatic hydroxyl groups is 4. The van der Waals surface area contributed by atoms with Crippen molar-refractivity contribution in [2.24, 2.45) is 0 Å². The number of rotatable bonds is 1. The highest BCUT2D eigenvalue weighted by atomic mass is 16.3. The molecule has 5 N–H and O–H groups in total. The van der Waals surface area contributed by atoms with Crippen molar-refractivity contribution in [3.05, 3.63) is 46.6 Å². The van der Waals surface area contributed by atoms with Crippen molar-refractivity contribution in [1.82, 2.24) is 0 Å². The van der Waals surface area contributed by atoms with E-state index in [9.17, 15) is 25.2 Å². The summed E-state index contributed by atoms with van der Waals surface area (Å²) in [5.74, 6) is -1.13. The van der Waals surface area contributed by atoms with Crippen molar-refractivity contribution in [1.29, 1.82) is 0 Å². The molecule has 0 aliphatic heterocycles. The van der Waals surface area contributed by atoms with Crippen molar-refractivity contribution in [3.8, 4) is 34.3 Å². The maximum atomic E-state index is 12.0. The van der Waals surface area contributed by atoms with Gasteiger partial charge in [-0.05, 0) is 18.2 Å². The summed E-state index contributed by atoms with van der Waals surface area (Å²) >= 11 is 0. The molecule has 0 aliphatic rings. The van der Waals surface area contributed by atoms with Gasteiger partial charge in [0.25, 0.3) is 6.47 Å². The maximum Gasteiger partial charge on any atom is 0.290 e. The molecular formula is C16H12O8. The lowest BCUT2D eigenvalue weighted by atomic mass is 10.1. The SMILES string of the molecule is O=CO.O=c1cc(-c2ccc(O)c(O)c2)oc2cc(O)cc(O)c12. The lowest BCUT2D eigenvalue weighted by molar-refractivity contribution is -0.122. The van der Waals surface area contributed by atoms with Crippen molar-refractivity contribution >= 4 is 17.4 Å². The van der Waals surface area contributed by atoms with Crippen molar-refractivity contribution < 1.29 is 34.7 Å². The largest absolute Gasteiger partial charge is 0.508 e. The summed E-state index contributed by atoms with van der Waals surface area (Å²) in [6, 6.07) is 7.37. The molecule has 0 fully saturated rings. The van der Waals surface area contributed by atoms with Crippen LogP contribution < -0.4 is 5.43 Å². The standard InChI is InChI=1S/C15H10O6.CH2O2/c16-8-4-11(19)15-12(20)6-13(21-14(15)5-8)7-1-2-9(17)10(18)3-7;2-1-3/h1-6,16-19H;1H,(H,2,3). The summed E-state index contributed by atoms with van der Waals surface area (Å²) < 4.78 is 5.47. The third-order valence-electron chi connectivity index (χ3n) is 3.05. The monoisotopic (exact) mass is 332 g/mol. The summed E-state index contributed by atoms with van der Waals surface area (Å²) in [4.78, 5) is 20.4. The third-order valence-corrected chi connectivity index (χ3v) is 3.05. The zero-order valence-corrected chi connectivity index (χ0v) is 12.0. The second-order valence-electron chi connectivity index (χ2n) is 4.62. The van der Waals surface area contributed by atoms with Gasteiger partial charge < -0.3 is 29.9 Å². The second-order valence-corrected chi connectivity index (χ2v) is 4.62.